The Bertz CT molecular complexity index is 1250. The van der Waals surface area contributed by atoms with E-state index in [0.717, 1.165) is 25.5 Å². The highest BCUT2D eigenvalue weighted by molar-refractivity contribution is 6.33. The average molecular weight is 509 g/mol. The van der Waals surface area contributed by atoms with Crippen LogP contribution >= 0.6 is 11.6 Å². The third-order valence-electron chi connectivity index (χ3n) is 5.48. The van der Waals surface area contributed by atoms with Gasteiger partial charge >= 0.3 is 0 Å². The second-order valence-corrected chi connectivity index (χ2v) is 8.61. The van der Waals surface area contributed by atoms with Crippen molar-refractivity contribution in [1.29, 1.82) is 0 Å². The molecule has 11 heteroatoms. The first-order chi connectivity index (χ1) is 17.5. The van der Waals surface area contributed by atoms with Gasteiger partial charge in [-0.3, -0.25) is 4.79 Å². The Labute approximate surface area is 215 Å². The molecule has 36 heavy (non-hydrogen) atoms. The molecule has 1 aliphatic heterocycles. The lowest BCUT2D eigenvalue weighted by Crippen LogP contribution is -2.49. The van der Waals surface area contributed by atoms with E-state index in [1.54, 1.807) is 26.2 Å². The van der Waals surface area contributed by atoms with Crippen LogP contribution in [0.2, 0.25) is 5.02 Å². The van der Waals surface area contributed by atoms with Gasteiger partial charge < -0.3 is 30.9 Å². The van der Waals surface area contributed by atoms with Gasteiger partial charge in [-0.15, -0.1) is 0 Å². The Morgan fingerprint density at radius 2 is 1.97 bits per heavy atom. The van der Waals surface area contributed by atoms with Crippen LogP contribution in [0.15, 0.2) is 54.7 Å². The number of amides is 1. The lowest BCUT2D eigenvalue weighted by atomic mass is 10.2. The zero-order valence-electron chi connectivity index (χ0n) is 20.4. The number of pyridine rings is 1. The van der Waals surface area contributed by atoms with Crippen LogP contribution in [-0.4, -0.2) is 53.6 Å². The standard InChI is InChI=1S/C25H29ClN8O2/c1-4-7-22(35)29-18-8-5-6-9-19(18)30-23-17(26)14-28-25(33-23)31-20-10-11-21(32-24(20)36-3)34-13-12-27-16(2)15-34/h4-11,14,16,27H,12-13,15H2,1-3H3,(H,29,35)(H2,28,30,31,33)/b7-4+. The second kappa shape index (κ2) is 11.7. The van der Waals surface area contributed by atoms with Gasteiger partial charge in [0.05, 0.1) is 24.7 Å². The predicted octanol–water partition coefficient (Wildman–Crippen LogP) is 4.33. The number of aromatic nitrogens is 3. The van der Waals surface area contributed by atoms with E-state index in [4.69, 9.17) is 16.3 Å². The Morgan fingerprint density at radius 1 is 1.17 bits per heavy atom. The van der Waals surface area contributed by atoms with Crippen molar-refractivity contribution in [1.82, 2.24) is 20.3 Å². The zero-order chi connectivity index (χ0) is 25.5. The number of carbonyl (C=O) groups excluding carboxylic acids is 1. The predicted molar refractivity (Wildman–Crippen MR) is 144 cm³/mol. The number of para-hydroxylation sites is 2. The van der Waals surface area contributed by atoms with Crippen LogP contribution in [0.3, 0.4) is 0 Å². The van der Waals surface area contributed by atoms with Gasteiger partial charge in [-0.05, 0) is 44.2 Å². The number of halogens is 1. The summed E-state index contributed by atoms with van der Waals surface area (Å²) < 4.78 is 5.54. The van der Waals surface area contributed by atoms with E-state index in [2.05, 4.69) is 48.0 Å². The van der Waals surface area contributed by atoms with Gasteiger partial charge in [0.2, 0.25) is 17.7 Å². The monoisotopic (exact) mass is 508 g/mol. The molecule has 1 atom stereocenters. The minimum atomic E-state index is -0.235. The number of anilines is 6. The number of nitrogens with zero attached hydrogens (tertiary/aromatic N) is 4. The van der Waals surface area contributed by atoms with Crippen molar-refractivity contribution in [2.45, 2.75) is 19.9 Å². The van der Waals surface area contributed by atoms with Crippen molar-refractivity contribution in [3.05, 3.63) is 59.8 Å². The summed E-state index contributed by atoms with van der Waals surface area (Å²) in [6.07, 6.45) is 4.62. The first-order valence-electron chi connectivity index (χ1n) is 11.6. The lowest BCUT2D eigenvalue weighted by Gasteiger charge is -2.33. The fraction of sp³-hybridized carbons (Fsp3) is 0.280. The van der Waals surface area contributed by atoms with Crippen molar-refractivity contribution < 1.29 is 9.53 Å². The van der Waals surface area contributed by atoms with Crippen LogP contribution in [0.4, 0.5) is 34.6 Å². The van der Waals surface area contributed by atoms with E-state index >= 15 is 0 Å². The summed E-state index contributed by atoms with van der Waals surface area (Å²) in [4.78, 5) is 27.7. The number of methoxy groups -OCH3 is 1. The van der Waals surface area contributed by atoms with Crippen molar-refractivity contribution >= 4 is 52.2 Å². The molecule has 1 unspecified atom stereocenters. The number of hydrogen-bond acceptors (Lipinski definition) is 9. The van der Waals surface area contributed by atoms with Gasteiger partial charge in [-0.25, -0.2) is 4.98 Å². The van der Waals surface area contributed by atoms with Crippen LogP contribution < -0.4 is 30.9 Å². The maximum Gasteiger partial charge on any atom is 0.248 e. The summed E-state index contributed by atoms with van der Waals surface area (Å²) in [6.45, 7) is 6.58. The van der Waals surface area contributed by atoms with Crippen LogP contribution in [0.1, 0.15) is 13.8 Å². The molecule has 4 N–H and O–H groups in total. The Balaban J connectivity index is 1.54. The SMILES string of the molecule is C/C=C/C(=O)Nc1ccccc1Nc1nc(Nc2ccc(N3CCNC(C)C3)nc2OC)ncc1Cl. The van der Waals surface area contributed by atoms with Crippen LogP contribution in [0.25, 0.3) is 0 Å². The fourth-order valence-electron chi connectivity index (χ4n) is 3.79. The Hall–Kier alpha value is -3.89. The molecule has 188 valence electrons. The van der Waals surface area contributed by atoms with E-state index in [1.807, 2.05) is 30.3 Å². The van der Waals surface area contributed by atoms with Gasteiger partial charge in [0.1, 0.15) is 16.5 Å². The van der Waals surface area contributed by atoms with Crippen molar-refractivity contribution in [2.75, 3.05) is 47.6 Å². The largest absolute Gasteiger partial charge is 0.479 e. The van der Waals surface area contributed by atoms with Crippen LogP contribution in [0, 0.1) is 0 Å². The minimum absolute atomic E-state index is 0.235. The first kappa shape index (κ1) is 25.2. The molecule has 1 aliphatic rings. The highest BCUT2D eigenvalue weighted by atomic mass is 35.5. The first-order valence-corrected chi connectivity index (χ1v) is 12.0. The summed E-state index contributed by atoms with van der Waals surface area (Å²) in [6, 6.07) is 11.5. The molecule has 0 saturated carbocycles. The second-order valence-electron chi connectivity index (χ2n) is 8.20. The molecule has 1 amide bonds. The molecule has 1 saturated heterocycles. The number of rotatable bonds is 8. The van der Waals surface area contributed by atoms with Crippen molar-refractivity contribution in [3.63, 3.8) is 0 Å². The number of nitrogens with one attached hydrogen (secondary N) is 4. The van der Waals surface area contributed by atoms with E-state index in [0.29, 0.717) is 45.8 Å². The van der Waals surface area contributed by atoms with E-state index in [-0.39, 0.29) is 5.91 Å². The molecule has 1 fully saturated rings. The molecule has 0 spiro atoms. The lowest BCUT2D eigenvalue weighted by molar-refractivity contribution is -0.111. The molecule has 0 aliphatic carbocycles. The van der Waals surface area contributed by atoms with Crippen molar-refractivity contribution in [2.24, 2.45) is 0 Å². The highest BCUT2D eigenvalue weighted by Crippen LogP contribution is 2.31. The van der Waals surface area contributed by atoms with E-state index in [1.165, 1.54) is 12.3 Å². The molecule has 2 aromatic heterocycles. The quantitative estimate of drug-likeness (QED) is 0.330. The fourth-order valence-corrected chi connectivity index (χ4v) is 3.93. The molecule has 0 bridgehead atoms. The summed E-state index contributed by atoms with van der Waals surface area (Å²) >= 11 is 6.37. The molecule has 10 nitrogen and oxygen atoms in total. The van der Waals surface area contributed by atoms with Gasteiger partial charge in [-0.1, -0.05) is 29.8 Å². The third-order valence-corrected chi connectivity index (χ3v) is 5.75. The molecular weight excluding hydrogens is 480 g/mol. The summed E-state index contributed by atoms with van der Waals surface area (Å²) in [5.41, 5.74) is 1.85. The molecule has 4 rings (SSSR count). The summed E-state index contributed by atoms with van der Waals surface area (Å²) in [7, 11) is 1.58. The number of allylic oxidation sites excluding steroid dienone is 1. The van der Waals surface area contributed by atoms with Gasteiger partial charge in [0, 0.05) is 25.7 Å². The number of hydrogen-bond donors (Lipinski definition) is 4. The molecular formula is C25H29ClN8O2. The third kappa shape index (κ3) is 6.21. The number of carbonyl (C=O) groups is 1. The maximum absolute atomic E-state index is 12.0. The van der Waals surface area contributed by atoms with E-state index in [9.17, 15) is 4.79 Å². The molecule has 1 aromatic carbocycles. The zero-order valence-corrected chi connectivity index (χ0v) is 21.1. The molecule has 0 radical (unpaired) electrons. The number of ether oxygens (including phenoxy) is 1. The van der Waals surface area contributed by atoms with Crippen LogP contribution in [0.5, 0.6) is 5.88 Å². The summed E-state index contributed by atoms with van der Waals surface area (Å²) in [5.74, 6) is 1.73. The smallest absolute Gasteiger partial charge is 0.248 e. The minimum Gasteiger partial charge on any atom is -0.479 e. The molecule has 3 heterocycles. The maximum atomic E-state index is 12.0. The Morgan fingerprint density at radius 3 is 2.72 bits per heavy atom. The summed E-state index contributed by atoms with van der Waals surface area (Å²) in [5, 5.41) is 12.9. The van der Waals surface area contributed by atoms with Gasteiger partial charge in [0.25, 0.3) is 0 Å². The highest BCUT2D eigenvalue weighted by Gasteiger charge is 2.19. The number of piperazine rings is 1. The number of benzene rings is 1. The average Bonchev–Trinajstić information content (AvgIpc) is 2.87. The van der Waals surface area contributed by atoms with Crippen LogP contribution in [-0.2, 0) is 4.79 Å². The van der Waals surface area contributed by atoms with Gasteiger partial charge in [0.15, 0.2) is 5.82 Å². The van der Waals surface area contributed by atoms with E-state index < -0.39 is 0 Å². The topological polar surface area (TPSA) is 116 Å². The van der Waals surface area contributed by atoms with Gasteiger partial charge in [-0.2, -0.15) is 9.97 Å². The molecule has 3 aromatic rings. The normalized spacial score (nSPS) is 15.6. The van der Waals surface area contributed by atoms with Crippen molar-refractivity contribution in [3.8, 4) is 5.88 Å². The Kier molecular flexibility index (Phi) is 8.19.